The molecule has 0 amide bonds. The fourth-order valence-corrected chi connectivity index (χ4v) is 1.67. The average Bonchev–Trinajstić information content (AvgIpc) is 2.46. The summed E-state index contributed by atoms with van der Waals surface area (Å²) in [7, 11) is 1.56. The Bertz CT molecular complexity index is 614. The second-order valence-corrected chi connectivity index (χ2v) is 4.18. The molecule has 0 saturated carbocycles. The Morgan fingerprint density at radius 1 is 1.35 bits per heavy atom. The first-order valence-corrected chi connectivity index (χ1v) is 5.94. The smallest absolute Gasteiger partial charge is 0.287 e. The van der Waals surface area contributed by atoms with Crippen LogP contribution in [0.1, 0.15) is 11.1 Å². The van der Waals surface area contributed by atoms with Crippen molar-refractivity contribution in [3.8, 4) is 5.88 Å². The molecule has 0 aromatic carbocycles. The van der Waals surface area contributed by atoms with E-state index in [1.165, 1.54) is 12.3 Å². The van der Waals surface area contributed by atoms with E-state index in [0.29, 0.717) is 18.2 Å². The third-order valence-electron chi connectivity index (χ3n) is 2.74. The third-order valence-corrected chi connectivity index (χ3v) is 2.74. The quantitative estimate of drug-likeness (QED) is 0.664. The molecular weight excluding hydrogens is 260 g/mol. The molecule has 0 aliphatic heterocycles. The number of ether oxygens (including phenoxy) is 1. The molecule has 0 radical (unpaired) electrons. The summed E-state index contributed by atoms with van der Waals surface area (Å²) < 4.78 is 4.98. The number of nitrogens with one attached hydrogen (secondary N) is 1. The molecule has 7 heteroatoms. The molecule has 2 heterocycles. The van der Waals surface area contributed by atoms with Crippen molar-refractivity contribution in [1.29, 1.82) is 0 Å². The SMILES string of the molecule is COc1ccc(CNc2ncc([N+](=O)[O-])cc2C)cn1. The first kappa shape index (κ1) is 13.7. The lowest BCUT2D eigenvalue weighted by molar-refractivity contribution is -0.385. The van der Waals surface area contributed by atoms with Crippen LogP contribution < -0.4 is 10.1 Å². The van der Waals surface area contributed by atoms with Gasteiger partial charge in [-0.3, -0.25) is 10.1 Å². The van der Waals surface area contributed by atoms with E-state index >= 15 is 0 Å². The van der Waals surface area contributed by atoms with Gasteiger partial charge in [-0.1, -0.05) is 6.07 Å². The lowest BCUT2D eigenvalue weighted by atomic mass is 10.2. The fourth-order valence-electron chi connectivity index (χ4n) is 1.67. The van der Waals surface area contributed by atoms with Crippen molar-refractivity contribution in [2.75, 3.05) is 12.4 Å². The van der Waals surface area contributed by atoms with Gasteiger partial charge in [0.25, 0.3) is 5.69 Å². The van der Waals surface area contributed by atoms with Gasteiger partial charge in [0.15, 0.2) is 0 Å². The van der Waals surface area contributed by atoms with Gasteiger partial charge < -0.3 is 10.1 Å². The maximum Gasteiger partial charge on any atom is 0.287 e. The lowest BCUT2D eigenvalue weighted by Crippen LogP contribution is -2.04. The van der Waals surface area contributed by atoms with E-state index in [9.17, 15) is 10.1 Å². The van der Waals surface area contributed by atoms with E-state index in [0.717, 1.165) is 11.1 Å². The van der Waals surface area contributed by atoms with Crippen molar-refractivity contribution in [3.05, 3.63) is 51.8 Å². The highest BCUT2D eigenvalue weighted by atomic mass is 16.6. The summed E-state index contributed by atoms with van der Waals surface area (Å²) in [6.45, 7) is 2.30. The third kappa shape index (κ3) is 3.19. The topological polar surface area (TPSA) is 90.2 Å². The highest BCUT2D eigenvalue weighted by Gasteiger charge is 2.09. The Kier molecular flexibility index (Phi) is 4.09. The highest BCUT2D eigenvalue weighted by molar-refractivity contribution is 5.48. The maximum absolute atomic E-state index is 10.6. The number of hydrogen-bond donors (Lipinski definition) is 1. The highest BCUT2D eigenvalue weighted by Crippen LogP contribution is 2.18. The summed E-state index contributed by atoms with van der Waals surface area (Å²) in [4.78, 5) is 18.3. The van der Waals surface area contributed by atoms with Gasteiger partial charge in [-0.25, -0.2) is 9.97 Å². The second-order valence-electron chi connectivity index (χ2n) is 4.18. The first-order chi connectivity index (χ1) is 9.60. The predicted molar refractivity (Wildman–Crippen MR) is 73.7 cm³/mol. The van der Waals surface area contributed by atoms with E-state index < -0.39 is 4.92 Å². The molecule has 2 aromatic rings. The van der Waals surface area contributed by atoms with Gasteiger partial charge in [-0.05, 0) is 18.1 Å². The zero-order valence-corrected chi connectivity index (χ0v) is 11.2. The number of hydrogen-bond acceptors (Lipinski definition) is 6. The van der Waals surface area contributed by atoms with Crippen LogP contribution in [-0.2, 0) is 6.54 Å². The van der Waals surface area contributed by atoms with Crippen molar-refractivity contribution in [2.45, 2.75) is 13.5 Å². The molecular formula is C13H14N4O3. The number of aryl methyl sites for hydroxylation is 1. The van der Waals surface area contributed by atoms with Gasteiger partial charge in [-0.15, -0.1) is 0 Å². The van der Waals surface area contributed by atoms with E-state index in [2.05, 4.69) is 15.3 Å². The van der Waals surface area contributed by atoms with Crippen LogP contribution in [0.5, 0.6) is 5.88 Å². The minimum absolute atomic E-state index is 0.0147. The molecule has 20 heavy (non-hydrogen) atoms. The fraction of sp³-hybridized carbons (Fsp3) is 0.231. The van der Waals surface area contributed by atoms with Crippen LogP contribution in [0.2, 0.25) is 0 Å². The van der Waals surface area contributed by atoms with Gasteiger partial charge in [0, 0.05) is 24.9 Å². The summed E-state index contributed by atoms with van der Waals surface area (Å²) in [5.74, 6) is 1.17. The number of pyridine rings is 2. The largest absolute Gasteiger partial charge is 0.481 e. The van der Waals surface area contributed by atoms with E-state index in [-0.39, 0.29) is 5.69 Å². The van der Waals surface area contributed by atoms with Gasteiger partial charge in [-0.2, -0.15) is 0 Å². The number of aromatic nitrogens is 2. The Morgan fingerprint density at radius 3 is 2.70 bits per heavy atom. The molecule has 0 spiro atoms. The van der Waals surface area contributed by atoms with Crippen molar-refractivity contribution >= 4 is 11.5 Å². The molecule has 1 N–H and O–H groups in total. The minimum atomic E-state index is -0.461. The number of anilines is 1. The zero-order valence-electron chi connectivity index (χ0n) is 11.2. The molecule has 0 fully saturated rings. The normalized spacial score (nSPS) is 10.1. The Morgan fingerprint density at radius 2 is 2.15 bits per heavy atom. The molecule has 0 saturated heterocycles. The second kappa shape index (κ2) is 5.96. The van der Waals surface area contributed by atoms with Crippen LogP contribution in [0, 0.1) is 17.0 Å². The van der Waals surface area contributed by atoms with E-state index in [1.54, 1.807) is 26.3 Å². The van der Waals surface area contributed by atoms with Gasteiger partial charge in [0.2, 0.25) is 5.88 Å². The Hall–Kier alpha value is -2.70. The van der Waals surface area contributed by atoms with Crippen LogP contribution >= 0.6 is 0 Å². The summed E-state index contributed by atoms with van der Waals surface area (Å²) in [6, 6.07) is 5.15. The zero-order chi connectivity index (χ0) is 14.5. The van der Waals surface area contributed by atoms with Crippen LogP contribution in [0.4, 0.5) is 11.5 Å². The van der Waals surface area contributed by atoms with Crippen LogP contribution in [0.3, 0.4) is 0 Å². The monoisotopic (exact) mass is 274 g/mol. The summed E-state index contributed by atoms with van der Waals surface area (Å²) >= 11 is 0. The maximum atomic E-state index is 10.6. The molecule has 104 valence electrons. The summed E-state index contributed by atoms with van der Waals surface area (Å²) in [6.07, 6.45) is 2.94. The predicted octanol–water partition coefficient (Wildman–Crippen LogP) is 2.31. The van der Waals surface area contributed by atoms with Gasteiger partial charge in [0.05, 0.1) is 12.0 Å². The number of nitrogens with zero attached hydrogens (tertiary/aromatic N) is 3. The molecule has 0 unspecified atom stereocenters. The molecule has 2 aromatic heterocycles. The van der Waals surface area contributed by atoms with Crippen LogP contribution in [0.25, 0.3) is 0 Å². The number of methoxy groups -OCH3 is 1. The van der Waals surface area contributed by atoms with Crippen LogP contribution in [-0.4, -0.2) is 22.0 Å². The van der Waals surface area contributed by atoms with Gasteiger partial charge in [0.1, 0.15) is 12.0 Å². The number of rotatable bonds is 5. The van der Waals surface area contributed by atoms with E-state index in [1.807, 2.05) is 6.07 Å². The number of nitro groups is 1. The summed E-state index contributed by atoms with van der Waals surface area (Å²) in [5.41, 5.74) is 1.67. The molecule has 0 bridgehead atoms. The Labute approximate surface area is 115 Å². The van der Waals surface area contributed by atoms with E-state index in [4.69, 9.17) is 4.74 Å². The first-order valence-electron chi connectivity index (χ1n) is 5.94. The lowest BCUT2D eigenvalue weighted by Gasteiger charge is -2.08. The molecule has 0 aliphatic rings. The Balaban J connectivity index is 2.04. The van der Waals surface area contributed by atoms with Crippen LogP contribution in [0.15, 0.2) is 30.6 Å². The molecule has 2 rings (SSSR count). The standard InChI is InChI=1S/C13H14N4O3/c1-9-5-11(17(18)19)8-16-13(9)15-7-10-3-4-12(20-2)14-6-10/h3-6,8H,7H2,1-2H3,(H,15,16). The summed E-state index contributed by atoms with van der Waals surface area (Å²) in [5, 5.41) is 13.7. The molecule has 7 nitrogen and oxygen atoms in total. The van der Waals surface area contributed by atoms with Crippen molar-refractivity contribution < 1.29 is 9.66 Å². The van der Waals surface area contributed by atoms with Crippen molar-refractivity contribution in [1.82, 2.24) is 9.97 Å². The average molecular weight is 274 g/mol. The van der Waals surface area contributed by atoms with Crippen molar-refractivity contribution in [2.24, 2.45) is 0 Å². The molecule has 0 aliphatic carbocycles. The minimum Gasteiger partial charge on any atom is -0.481 e. The van der Waals surface area contributed by atoms with Crippen molar-refractivity contribution in [3.63, 3.8) is 0 Å². The van der Waals surface area contributed by atoms with Gasteiger partial charge >= 0.3 is 0 Å². The molecule has 0 atom stereocenters.